The Balaban J connectivity index is 1.95. The van der Waals surface area contributed by atoms with Crippen LogP contribution in [0.2, 0.25) is 5.02 Å². The minimum absolute atomic E-state index is 0.292. The van der Waals surface area contributed by atoms with Gasteiger partial charge in [0, 0.05) is 12.7 Å². The van der Waals surface area contributed by atoms with Crippen LogP contribution < -0.4 is 10.9 Å². The molecule has 2 aromatic rings. The first-order valence-electron chi connectivity index (χ1n) is 6.55. The van der Waals surface area contributed by atoms with Crippen molar-refractivity contribution in [2.24, 2.45) is 0 Å². The van der Waals surface area contributed by atoms with Gasteiger partial charge >= 0.3 is 0 Å². The Kier molecular flexibility index (Phi) is 5.52. The van der Waals surface area contributed by atoms with Crippen molar-refractivity contribution in [3.8, 4) is 0 Å². The molecule has 0 spiro atoms. The summed E-state index contributed by atoms with van der Waals surface area (Å²) in [7, 11) is 1.60. The third kappa shape index (κ3) is 4.07. The summed E-state index contributed by atoms with van der Waals surface area (Å²) >= 11 is 5.91. The van der Waals surface area contributed by atoms with Gasteiger partial charge in [-0.15, -0.1) is 0 Å². The molecule has 0 aliphatic carbocycles. The minimum atomic E-state index is -0.477. The van der Waals surface area contributed by atoms with Gasteiger partial charge in [0.25, 0.3) is 11.8 Å². The Hall–Kier alpha value is -2.37. The molecule has 0 atom stereocenters. The second-order valence-electron chi connectivity index (χ2n) is 4.52. The van der Waals surface area contributed by atoms with Crippen molar-refractivity contribution in [3.05, 3.63) is 70.2 Å². The van der Waals surface area contributed by atoms with Crippen LogP contribution in [0.1, 0.15) is 26.3 Å². The van der Waals surface area contributed by atoms with E-state index in [2.05, 4.69) is 10.9 Å². The molecular formula is C16H15ClN2O3. The van der Waals surface area contributed by atoms with Crippen molar-refractivity contribution in [3.63, 3.8) is 0 Å². The number of hydrogen-bond donors (Lipinski definition) is 2. The van der Waals surface area contributed by atoms with Crippen LogP contribution in [0.15, 0.2) is 48.5 Å². The van der Waals surface area contributed by atoms with Crippen LogP contribution in [-0.2, 0) is 11.3 Å². The van der Waals surface area contributed by atoms with E-state index in [1.807, 2.05) is 0 Å². The molecule has 6 heteroatoms. The van der Waals surface area contributed by atoms with E-state index >= 15 is 0 Å². The number of carbonyl (C=O) groups is 2. The van der Waals surface area contributed by atoms with Crippen molar-refractivity contribution in [1.29, 1.82) is 0 Å². The lowest BCUT2D eigenvalue weighted by molar-refractivity contribution is 0.0846. The SMILES string of the molecule is COCc1ccc(C(=O)NNC(=O)c2ccccc2Cl)cc1. The first-order chi connectivity index (χ1) is 10.6. The van der Waals surface area contributed by atoms with E-state index in [1.54, 1.807) is 55.6 Å². The average Bonchev–Trinajstić information content (AvgIpc) is 2.54. The molecule has 114 valence electrons. The van der Waals surface area contributed by atoms with Gasteiger partial charge in [0.1, 0.15) is 0 Å². The Morgan fingerprint density at radius 1 is 1.00 bits per heavy atom. The Labute approximate surface area is 133 Å². The summed E-state index contributed by atoms with van der Waals surface area (Å²) in [6.45, 7) is 0.477. The molecule has 0 aliphatic heterocycles. The number of ether oxygens (including phenoxy) is 1. The standard InChI is InChI=1S/C16H15ClN2O3/c1-22-10-11-6-8-12(9-7-11)15(20)18-19-16(21)13-4-2-3-5-14(13)17/h2-9H,10H2,1H3,(H,18,20)(H,19,21). The molecule has 0 fully saturated rings. The summed E-state index contributed by atoms with van der Waals surface area (Å²) < 4.78 is 5.00. The minimum Gasteiger partial charge on any atom is -0.380 e. The van der Waals surface area contributed by atoms with Crippen LogP contribution in [0.25, 0.3) is 0 Å². The Morgan fingerprint density at radius 3 is 2.27 bits per heavy atom. The zero-order chi connectivity index (χ0) is 15.9. The third-order valence-corrected chi connectivity index (χ3v) is 3.26. The normalized spacial score (nSPS) is 10.1. The zero-order valence-corrected chi connectivity index (χ0v) is 12.7. The predicted octanol–water partition coefficient (Wildman–Crippen LogP) is 2.56. The van der Waals surface area contributed by atoms with Crippen LogP contribution in [0.3, 0.4) is 0 Å². The number of halogens is 1. The lowest BCUT2D eigenvalue weighted by Gasteiger charge is -2.09. The van der Waals surface area contributed by atoms with Gasteiger partial charge in [-0.25, -0.2) is 0 Å². The average molecular weight is 319 g/mol. The first kappa shape index (κ1) is 16.0. The number of carbonyl (C=O) groups excluding carboxylic acids is 2. The van der Waals surface area contributed by atoms with Gasteiger partial charge in [0.2, 0.25) is 0 Å². The van der Waals surface area contributed by atoms with E-state index in [4.69, 9.17) is 16.3 Å². The molecule has 0 bridgehead atoms. The monoisotopic (exact) mass is 318 g/mol. The third-order valence-electron chi connectivity index (χ3n) is 2.94. The molecular weight excluding hydrogens is 304 g/mol. The van der Waals surface area contributed by atoms with Crippen molar-refractivity contribution in [2.75, 3.05) is 7.11 Å². The molecule has 0 heterocycles. The van der Waals surface area contributed by atoms with E-state index in [9.17, 15) is 9.59 Å². The highest BCUT2D eigenvalue weighted by atomic mass is 35.5. The van der Waals surface area contributed by atoms with Crippen molar-refractivity contribution < 1.29 is 14.3 Å². The Bertz CT molecular complexity index is 671. The van der Waals surface area contributed by atoms with Crippen LogP contribution in [0.5, 0.6) is 0 Å². The molecule has 0 saturated carbocycles. The number of amides is 2. The fourth-order valence-corrected chi connectivity index (χ4v) is 2.04. The van der Waals surface area contributed by atoms with E-state index in [1.165, 1.54) is 0 Å². The molecule has 0 unspecified atom stereocenters. The molecule has 0 aliphatic rings. The Morgan fingerprint density at radius 2 is 1.64 bits per heavy atom. The molecule has 5 nitrogen and oxygen atoms in total. The lowest BCUT2D eigenvalue weighted by Crippen LogP contribution is -2.41. The van der Waals surface area contributed by atoms with E-state index in [0.29, 0.717) is 22.8 Å². The number of rotatable bonds is 4. The van der Waals surface area contributed by atoms with Gasteiger partial charge < -0.3 is 4.74 Å². The second-order valence-corrected chi connectivity index (χ2v) is 4.93. The summed E-state index contributed by atoms with van der Waals surface area (Å²) in [5.74, 6) is -0.890. The number of benzene rings is 2. The second kappa shape index (κ2) is 7.59. The van der Waals surface area contributed by atoms with Gasteiger partial charge in [-0.3, -0.25) is 20.4 Å². The summed E-state index contributed by atoms with van der Waals surface area (Å²) in [5, 5.41) is 0.318. The molecule has 0 aromatic heterocycles. The maximum atomic E-state index is 11.9. The first-order valence-corrected chi connectivity index (χ1v) is 6.92. The molecule has 0 saturated heterocycles. The smallest absolute Gasteiger partial charge is 0.271 e. The fourth-order valence-electron chi connectivity index (χ4n) is 1.82. The van der Waals surface area contributed by atoms with E-state index in [-0.39, 0.29) is 0 Å². The van der Waals surface area contributed by atoms with Crippen LogP contribution in [0.4, 0.5) is 0 Å². The van der Waals surface area contributed by atoms with Crippen molar-refractivity contribution in [1.82, 2.24) is 10.9 Å². The highest BCUT2D eigenvalue weighted by Gasteiger charge is 2.11. The van der Waals surface area contributed by atoms with Crippen molar-refractivity contribution >= 4 is 23.4 Å². The van der Waals surface area contributed by atoms with Gasteiger partial charge in [-0.2, -0.15) is 0 Å². The van der Waals surface area contributed by atoms with Gasteiger partial charge in [0.15, 0.2) is 0 Å². The summed E-state index contributed by atoms with van der Waals surface area (Å²) in [5.41, 5.74) is 6.36. The van der Waals surface area contributed by atoms with Gasteiger partial charge in [-0.05, 0) is 29.8 Å². The molecule has 2 amide bonds. The lowest BCUT2D eigenvalue weighted by atomic mass is 10.1. The number of hydrazine groups is 1. The number of hydrogen-bond acceptors (Lipinski definition) is 3. The van der Waals surface area contributed by atoms with Crippen molar-refractivity contribution in [2.45, 2.75) is 6.61 Å². The topological polar surface area (TPSA) is 67.4 Å². The molecule has 2 rings (SSSR count). The number of nitrogens with one attached hydrogen (secondary N) is 2. The van der Waals surface area contributed by atoms with Crippen LogP contribution in [0, 0.1) is 0 Å². The van der Waals surface area contributed by atoms with Gasteiger partial charge in [0.05, 0.1) is 17.2 Å². The summed E-state index contributed by atoms with van der Waals surface area (Å²) in [6, 6.07) is 13.5. The highest BCUT2D eigenvalue weighted by Crippen LogP contribution is 2.14. The van der Waals surface area contributed by atoms with Crippen LogP contribution in [-0.4, -0.2) is 18.9 Å². The van der Waals surface area contributed by atoms with Crippen LogP contribution >= 0.6 is 11.6 Å². The quantitative estimate of drug-likeness (QED) is 0.851. The maximum absolute atomic E-state index is 11.9. The maximum Gasteiger partial charge on any atom is 0.271 e. The molecule has 2 N–H and O–H groups in total. The molecule has 22 heavy (non-hydrogen) atoms. The fraction of sp³-hybridized carbons (Fsp3) is 0.125. The van der Waals surface area contributed by atoms with Gasteiger partial charge in [-0.1, -0.05) is 35.9 Å². The zero-order valence-electron chi connectivity index (χ0n) is 11.9. The summed E-state index contributed by atoms with van der Waals surface area (Å²) in [4.78, 5) is 23.9. The molecule has 0 radical (unpaired) electrons. The summed E-state index contributed by atoms with van der Waals surface area (Å²) in [6.07, 6.45) is 0. The molecule has 2 aromatic carbocycles. The number of methoxy groups -OCH3 is 1. The largest absolute Gasteiger partial charge is 0.380 e. The predicted molar refractivity (Wildman–Crippen MR) is 83.5 cm³/mol. The van der Waals surface area contributed by atoms with E-state index in [0.717, 1.165) is 5.56 Å². The highest BCUT2D eigenvalue weighted by molar-refractivity contribution is 6.33. The van der Waals surface area contributed by atoms with E-state index < -0.39 is 11.8 Å².